The van der Waals surface area contributed by atoms with Crippen LogP contribution >= 0.6 is 11.6 Å². The number of rotatable bonds is 10. The summed E-state index contributed by atoms with van der Waals surface area (Å²) in [6.07, 6.45) is -3.93. The van der Waals surface area contributed by atoms with Crippen molar-refractivity contribution in [3.8, 4) is 28.3 Å². The fraction of sp³-hybridized carbons (Fsp3) is 0.321. The molecule has 0 aliphatic heterocycles. The van der Waals surface area contributed by atoms with E-state index in [2.05, 4.69) is 10.3 Å². The van der Waals surface area contributed by atoms with Crippen LogP contribution in [-0.4, -0.2) is 38.2 Å². The van der Waals surface area contributed by atoms with Gasteiger partial charge in [0.15, 0.2) is 11.5 Å². The Balaban J connectivity index is 1.80. The maximum absolute atomic E-state index is 14.3. The second-order valence-electron chi connectivity index (χ2n) is 9.54. The average molecular weight is 578 g/mol. The third kappa shape index (κ3) is 6.48. The molecular formula is C28H27ClF3N3O5. The van der Waals surface area contributed by atoms with Crippen LogP contribution in [0.15, 0.2) is 59.3 Å². The minimum Gasteiger partial charge on any atom is -0.487 e. The van der Waals surface area contributed by atoms with Crippen molar-refractivity contribution >= 4 is 17.6 Å². The number of carbonyl (C=O) groups excluding carboxylic acids is 1. The van der Waals surface area contributed by atoms with Crippen LogP contribution < -0.4 is 4.74 Å². The predicted octanol–water partition coefficient (Wildman–Crippen LogP) is 6.79. The Morgan fingerprint density at radius 3 is 2.48 bits per heavy atom. The molecule has 4 aromatic rings. The van der Waals surface area contributed by atoms with Gasteiger partial charge in [0.2, 0.25) is 0 Å². The van der Waals surface area contributed by atoms with Gasteiger partial charge in [0, 0.05) is 12.1 Å². The second kappa shape index (κ2) is 11.7. The Labute approximate surface area is 233 Å². The largest absolute Gasteiger partial charge is 0.487 e. The molecule has 0 spiro atoms. The van der Waals surface area contributed by atoms with Gasteiger partial charge < -0.3 is 19.1 Å². The first-order valence-electron chi connectivity index (χ1n) is 12.4. The topological polar surface area (TPSA) is 99.6 Å². The quantitative estimate of drug-likeness (QED) is 0.207. The standard InChI is InChI=1S/C28H27ClF3N3O5/c1-4-38-26(36)21-23(18-11-8-12-20(22(18)29)39-16-17-9-6-5-7-10-17)34-40-24(21)19-15-33-35(14-13-27(2,3)37)25(19)28(30,31)32/h5-12,15,37H,4,13-14,16H2,1-3H3. The maximum Gasteiger partial charge on any atom is 0.433 e. The number of aryl methyl sites for hydroxylation is 1. The van der Waals surface area contributed by atoms with E-state index in [0.717, 1.165) is 16.4 Å². The minimum absolute atomic E-state index is 0.00499. The summed E-state index contributed by atoms with van der Waals surface area (Å²) < 4.78 is 59.9. The summed E-state index contributed by atoms with van der Waals surface area (Å²) >= 11 is 6.63. The first-order chi connectivity index (χ1) is 18.9. The lowest BCUT2D eigenvalue weighted by Crippen LogP contribution is -2.24. The van der Waals surface area contributed by atoms with Gasteiger partial charge in [-0.1, -0.05) is 59.2 Å². The number of aliphatic hydroxyl groups is 1. The summed E-state index contributed by atoms with van der Waals surface area (Å²) in [6.45, 7) is 4.44. The van der Waals surface area contributed by atoms with Gasteiger partial charge in [0.1, 0.15) is 23.6 Å². The van der Waals surface area contributed by atoms with Crippen LogP contribution in [-0.2, 0) is 24.1 Å². The molecule has 0 bridgehead atoms. The van der Waals surface area contributed by atoms with Crippen molar-refractivity contribution in [3.05, 3.63) is 76.6 Å². The molecule has 2 aromatic carbocycles. The monoisotopic (exact) mass is 577 g/mol. The molecular weight excluding hydrogens is 551 g/mol. The third-order valence-electron chi connectivity index (χ3n) is 5.92. The lowest BCUT2D eigenvalue weighted by Gasteiger charge is -2.18. The van der Waals surface area contributed by atoms with Crippen molar-refractivity contribution in [2.24, 2.45) is 0 Å². The van der Waals surface area contributed by atoms with Gasteiger partial charge in [-0.15, -0.1) is 0 Å². The molecule has 0 radical (unpaired) electrons. The molecule has 0 fully saturated rings. The molecule has 2 aromatic heterocycles. The molecule has 1 N–H and O–H groups in total. The summed E-state index contributed by atoms with van der Waals surface area (Å²) in [5.74, 6) is -1.14. The molecule has 0 saturated carbocycles. The van der Waals surface area contributed by atoms with Crippen LogP contribution in [0.4, 0.5) is 13.2 Å². The number of hydrogen-bond donors (Lipinski definition) is 1. The number of carbonyl (C=O) groups is 1. The zero-order chi connectivity index (χ0) is 29.1. The number of alkyl halides is 3. The molecule has 212 valence electrons. The molecule has 0 aliphatic rings. The summed E-state index contributed by atoms with van der Waals surface area (Å²) in [6, 6.07) is 14.1. The Morgan fingerprint density at radius 1 is 1.10 bits per heavy atom. The molecule has 0 atom stereocenters. The van der Waals surface area contributed by atoms with E-state index in [4.69, 9.17) is 25.6 Å². The van der Waals surface area contributed by atoms with E-state index in [-0.39, 0.29) is 53.8 Å². The van der Waals surface area contributed by atoms with E-state index in [1.165, 1.54) is 13.8 Å². The van der Waals surface area contributed by atoms with E-state index in [1.807, 2.05) is 30.3 Å². The van der Waals surface area contributed by atoms with Crippen LogP contribution in [0.3, 0.4) is 0 Å². The molecule has 0 saturated heterocycles. The Morgan fingerprint density at radius 2 is 1.82 bits per heavy atom. The predicted molar refractivity (Wildman–Crippen MR) is 141 cm³/mol. The van der Waals surface area contributed by atoms with Crippen LogP contribution in [0, 0.1) is 0 Å². The normalized spacial score (nSPS) is 12.0. The molecule has 0 aliphatic carbocycles. The first-order valence-corrected chi connectivity index (χ1v) is 12.8. The molecule has 0 unspecified atom stereocenters. The molecule has 12 heteroatoms. The van der Waals surface area contributed by atoms with Gasteiger partial charge in [-0.25, -0.2) is 4.79 Å². The zero-order valence-electron chi connectivity index (χ0n) is 22.0. The number of aromatic nitrogens is 3. The van der Waals surface area contributed by atoms with Crippen molar-refractivity contribution < 1.29 is 37.1 Å². The number of nitrogens with zero attached hydrogens (tertiary/aromatic N) is 3. The van der Waals surface area contributed by atoms with Gasteiger partial charge in [-0.05, 0) is 38.8 Å². The van der Waals surface area contributed by atoms with E-state index in [0.29, 0.717) is 0 Å². The van der Waals surface area contributed by atoms with Crippen LogP contribution in [0.1, 0.15) is 48.8 Å². The third-order valence-corrected chi connectivity index (χ3v) is 6.31. The van der Waals surface area contributed by atoms with Gasteiger partial charge in [0.05, 0.1) is 29.0 Å². The van der Waals surface area contributed by atoms with E-state index in [1.54, 1.807) is 25.1 Å². The second-order valence-corrected chi connectivity index (χ2v) is 9.92. The summed E-state index contributed by atoms with van der Waals surface area (Å²) in [5, 5.41) is 17.9. The van der Waals surface area contributed by atoms with Crippen LogP contribution in [0.5, 0.6) is 5.75 Å². The molecule has 4 rings (SSSR count). The van der Waals surface area contributed by atoms with Gasteiger partial charge in [-0.3, -0.25) is 4.68 Å². The highest BCUT2D eigenvalue weighted by atomic mass is 35.5. The highest BCUT2D eigenvalue weighted by Gasteiger charge is 2.42. The first kappa shape index (κ1) is 29.2. The average Bonchev–Trinajstić information content (AvgIpc) is 3.52. The summed E-state index contributed by atoms with van der Waals surface area (Å²) in [5.41, 5.74) is -2.24. The molecule has 0 amide bonds. The van der Waals surface area contributed by atoms with Crippen LogP contribution in [0.2, 0.25) is 5.02 Å². The van der Waals surface area contributed by atoms with Gasteiger partial charge in [0.25, 0.3) is 0 Å². The van der Waals surface area contributed by atoms with E-state index < -0.39 is 34.8 Å². The fourth-order valence-electron chi connectivity index (χ4n) is 3.99. The van der Waals surface area contributed by atoms with Crippen molar-refractivity contribution in [3.63, 3.8) is 0 Å². The lowest BCUT2D eigenvalue weighted by atomic mass is 10.0. The molecule has 40 heavy (non-hydrogen) atoms. The SMILES string of the molecule is CCOC(=O)c1c(-c2cccc(OCc3ccccc3)c2Cl)noc1-c1cnn(CCC(C)(C)O)c1C(F)(F)F. The van der Waals surface area contributed by atoms with Crippen molar-refractivity contribution in [1.82, 2.24) is 14.9 Å². The highest BCUT2D eigenvalue weighted by molar-refractivity contribution is 6.35. The maximum atomic E-state index is 14.3. The summed E-state index contributed by atoms with van der Waals surface area (Å²) in [4.78, 5) is 13.1. The lowest BCUT2D eigenvalue weighted by molar-refractivity contribution is -0.144. The number of hydrogen-bond acceptors (Lipinski definition) is 7. The zero-order valence-corrected chi connectivity index (χ0v) is 22.7. The van der Waals surface area contributed by atoms with Crippen molar-refractivity contribution in [2.45, 2.75) is 52.1 Å². The van der Waals surface area contributed by atoms with Crippen LogP contribution in [0.25, 0.3) is 22.6 Å². The van der Waals surface area contributed by atoms with Crippen molar-refractivity contribution in [2.75, 3.05) is 6.61 Å². The number of halogens is 4. The number of ether oxygens (including phenoxy) is 2. The molecule has 2 heterocycles. The van der Waals surface area contributed by atoms with Gasteiger partial charge >= 0.3 is 12.1 Å². The Bertz CT molecular complexity index is 1480. The van der Waals surface area contributed by atoms with E-state index >= 15 is 0 Å². The highest BCUT2D eigenvalue weighted by Crippen LogP contribution is 2.43. The van der Waals surface area contributed by atoms with Crippen molar-refractivity contribution in [1.29, 1.82) is 0 Å². The number of esters is 1. The van der Waals surface area contributed by atoms with E-state index in [9.17, 15) is 23.1 Å². The Hall–Kier alpha value is -3.83. The Kier molecular flexibility index (Phi) is 8.55. The van der Waals surface area contributed by atoms with Gasteiger partial charge in [-0.2, -0.15) is 18.3 Å². The minimum atomic E-state index is -4.87. The fourth-order valence-corrected chi connectivity index (χ4v) is 4.26. The molecule has 8 nitrogen and oxygen atoms in total. The number of benzene rings is 2. The summed E-state index contributed by atoms with van der Waals surface area (Å²) in [7, 11) is 0. The smallest absolute Gasteiger partial charge is 0.433 e.